The van der Waals surface area contributed by atoms with Gasteiger partial charge in [-0.25, -0.2) is 0 Å². The molecule has 0 aliphatic heterocycles. The van der Waals surface area contributed by atoms with Crippen LogP contribution in [0.25, 0.3) is 6.08 Å². The molecule has 0 radical (unpaired) electrons. The van der Waals surface area contributed by atoms with Crippen molar-refractivity contribution in [1.82, 2.24) is 19.6 Å². The monoisotopic (exact) mass is 230 g/mol. The van der Waals surface area contributed by atoms with Gasteiger partial charge < -0.3 is 0 Å². The lowest BCUT2D eigenvalue weighted by atomic mass is 10.2. The fourth-order valence-corrected chi connectivity index (χ4v) is 1.49. The average molecular weight is 230 g/mol. The van der Waals surface area contributed by atoms with Crippen molar-refractivity contribution in [3.63, 3.8) is 0 Å². The smallest absolute Gasteiger partial charge is 0.189 e. The summed E-state index contributed by atoms with van der Waals surface area (Å²) in [7, 11) is 3.65. The number of aromatic nitrogens is 4. The summed E-state index contributed by atoms with van der Waals surface area (Å²) in [5.41, 5.74) is 2.57. The number of hydrogen-bond acceptors (Lipinski definition) is 3. The normalized spacial score (nSPS) is 11.2. The predicted octanol–water partition coefficient (Wildman–Crippen LogP) is 1.36. The second kappa shape index (κ2) is 4.37. The van der Waals surface area contributed by atoms with E-state index in [1.54, 1.807) is 47.2 Å². The number of aryl methyl sites for hydroxylation is 2. The van der Waals surface area contributed by atoms with Crippen LogP contribution >= 0.6 is 0 Å². The summed E-state index contributed by atoms with van der Waals surface area (Å²) in [6.45, 7) is 1.96. The van der Waals surface area contributed by atoms with Crippen LogP contribution in [0.3, 0.4) is 0 Å². The first kappa shape index (κ1) is 11.3. The third-order valence-electron chi connectivity index (χ3n) is 2.68. The minimum Gasteiger partial charge on any atom is -0.289 e. The predicted molar refractivity (Wildman–Crippen MR) is 64.5 cm³/mol. The molecule has 0 aromatic carbocycles. The highest BCUT2D eigenvalue weighted by molar-refractivity contribution is 6.06. The molecule has 17 heavy (non-hydrogen) atoms. The van der Waals surface area contributed by atoms with Crippen molar-refractivity contribution in [2.45, 2.75) is 6.92 Å². The van der Waals surface area contributed by atoms with Crippen LogP contribution in [0.15, 0.2) is 24.7 Å². The molecule has 0 aliphatic carbocycles. The summed E-state index contributed by atoms with van der Waals surface area (Å²) in [4.78, 5) is 11.8. The Morgan fingerprint density at radius 1 is 1.29 bits per heavy atom. The van der Waals surface area contributed by atoms with Gasteiger partial charge >= 0.3 is 0 Å². The van der Waals surface area contributed by atoms with Gasteiger partial charge in [0.1, 0.15) is 0 Å². The molecule has 0 amide bonds. The standard InChI is InChI=1S/C12H14N4O/c1-9-10(6-14-16(9)3)4-5-12(17)11-7-13-15(2)8-11/h4-8H,1-3H3. The van der Waals surface area contributed by atoms with E-state index >= 15 is 0 Å². The van der Waals surface area contributed by atoms with E-state index in [2.05, 4.69) is 10.2 Å². The maximum absolute atomic E-state index is 11.8. The van der Waals surface area contributed by atoms with Crippen LogP contribution < -0.4 is 0 Å². The highest BCUT2D eigenvalue weighted by atomic mass is 16.1. The molecule has 0 atom stereocenters. The van der Waals surface area contributed by atoms with Crippen LogP contribution in [0.1, 0.15) is 21.6 Å². The Bertz CT molecular complexity index is 577. The molecule has 2 aromatic rings. The van der Waals surface area contributed by atoms with Crippen LogP contribution in [0.5, 0.6) is 0 Å². The van der Waals surface area contributed by atoms with Gasteiger partial charge in [-0.3, -0.25) is 14.2 Å². The maximum Gasteiger partial charge on any atom is 0.189 e. The van der Waals surface area contributed by atoms with Crippen molar-refractivity contribution >= 4 is 11.9 Å². The lowest BCUT2D eigenvalue weighted by molar-refractivity contribution is 0.104. The second-order valence-electron chi connectivity index (χ2n) is 3.91. The molecular formula is C12H14N4O. The van der Waals surface area contributed by atoms with E-state index in [9.17, 15) is 4.79 Å². The fourth-order valence-electron chi connectivity index (χ4n) is 1.49. The van der Waals surface area contributed by atoms with Gasteiger partial charge in [0.15, 0.2) is 5.78 Å². The minimum absolute atomic E-state index is 0.0543. The fraction of sp³-hybridized carbons (Fsp3) is 0.250. The van der Waals surface area contributed by atoms with Crippen molar-refractivity contribution in [2.24, 2.45) is 14.1 Å². The van der Waals surface area contributed by atoms with Crippen LogP contribution in [0, 0.1) is 6.92 Å². The number of hydrogen-bond donors (Lipinski definition) is 0. The van der Waals surface area contributed by atoms with Gasteiger partial charge in [0.05, 0.1) is 18.0 Å². The number of carbonyl (C=O) groups is 1. The Kier molecular flexibility index (Phi) is 2.91. The average Bonchev–Trinajstić information content (AvgIpc) is 2.86. The Labute approximate surface area is 99.4 Å². The van der Waals surface area contributed by atoms with Gasteiger partial charge in [0, 0.05) is 31.5 Å². The van der Waals surface area contributed by atoms with E-state index in [1.807, 2.05) is 14.0 Å². The van der Waals surface area contributed by atoms with Gasteiger partial charge in [-0.2, -0.15) is 10.2 Å². The Morgan fingerprint density at radius 3 is 2.59 bits per heavy atom. The molecule has 0 spiro atoms. The molecule has 0 bridgehead atoms. The lowest BCUT2D eigenvalue weighted by Crippen LogP contribution is -1.93. The molecule has 2 rings (SSSR count). The van der Waals surface area contributed by atoms with Crippen molar-refractivity contribution in [2.75, 3.05) is 0 Å². The van der Waals surface area contributed by atoms with E-state index in [4.69, 9.17) is 0 Å². The molecule has 0 saturated heterocycles. The molecule has 5 nitrogen and oxygen atoms in total. The summed E-state index contributed by atoms with van der Waals surface area (Å²) in [5, 5.41) is 8.07. The maximum atomic E-state index is 11.8. The highest BCUT2D eigenvalue weighted by Crippen LogP contribution is 2.09. The molecule has 0 fully saturated rings. The van der Waals surface area contributed by atoms with Gasteiger partial charge in [-0.05, 0) is 19.1 Å². The first-order chi connectivity index (χ1) is 8.08. The van der Waals surface area contributed by atoms with Crippen molar-refractivity contribution < 1.29 is 4.79 Å². The van der Waals surface area contributed by atoms with Crippen LogP contribution in [-0.4, -0.2) is 25.3 Å². The molecule has 0 saturated carbocycles. The Balaban J connectivity index is 2.16. The first-order valence-corrected chi connectivity index (χ1v) is 5.27. The van der Waals surface area contributed by atoms with Crippen LogP contribution in [0.4, 0.5) is 0 Å². The molecule has 0 unspecified atom stereocenters. The zero-order valence-electron chi connectivity index (χ0n) is 10.1. The van der Waals surface area contributed by atoms with Crippen molar-refractivity contribution in [1.29, 1.82) is 0 Å². The number of allylic oxidation sites excluding steroid dienone is 1. The van der Waals surface area contributed by atoms with Crippen molar-refractivity contribution in [3.05, 3.63) is 41.5 Å². The van der Waals surface area contributed by atoms with Crippen LogP contribution in [-0.2, 0) is 14.1 Å². The molecular weight excluding hydrogens is 216 g/mol. The molecule has 2 aromatic heterocycles. The van der Waals surface area contributed by atoms with E-state index < -0.39 is 0 Å². The minimum atomic E-state index is -0.0543. The third kappa shape index (κ3) is 2.33. The van der Waals surface area contributed by atoms with Gasteiger partial charge in [0.2, 0.25) is 0 Å². The molecule has 2 heterocycles. The summed E-state index contributed by atoms with van der Waals surface area (Å²) < 4.78 is 3.38. The number of nitrogens with zero attached hydrogens (tertiary/aromatic N) is 4. The van der Waals surface area contributed by atoms with Gasteiger partial charge in [0.25, 0.3) is 0 Å². The molecule has 0 aliphatic rings. The van der Waals surface area contributed by atoms with E-state index in [0.717, 1.165) is 11.3 Å². The molecule has 88 valence electrons. The Hall–Kier alpha value is -2.17. The summed E-state index contributed by atoms with van der Waals surface area (Å²) in [6.07, 6.45) is 8.31. The summed E-state index contributed by atoms with van der Waals surface area (Å²) in [6, 6.07) is 0. The number of carbonyl (C=O) groups excluding carboxylic acids is 1. The van der Waals surface area contributed by atoms with Crippen molar-refractivity contribution in [3.8, 4) is 0 Å². The highest BCUT2D eigenvalue weighted by Gasteiger charge is 2.05. The van der Waals surface area contributed by atoms with E-state index in [1.165, 1.54) is 0 Å². The summed E-state index contributed by atoms with van der Waals surface area (Å²) >= 11 is 0. The number of ketones is 1. The molecule has 0 N–H and O–H groups in total. The largest absolute Gasteiger partial charge is 0.289 e. The topological polar surface area (TPSA) is 52.7 Å². The van der Waals surface area contributed by atoms with Gasteiger partial charge in [-0.15, -0.1) is 0 Å². The lowest BCUT2D eigenvalue weighted by Gasteiger charge is -1.93. The number of rotatable bonds is 3. The van der Waals surface area contributed by atoms with E-state index in [-0.39, 0.29) is 5.78 Å². The first-order valence-electron chi connectivity index (χ1n) is 5.27. The van der Waals surface area contributed by atoms with E-state index in [0.29, 0.717) is 5.56 Å². The zero-order valence-corrected chi connectivity index (χ0v) is 10.1. The SMILES string of the molecule is Cc1c(C=CC(=O)c2cnn(C)c2)cnn1C. The van der Waals surface area contributed by atoms with Crippen LogP contribution in [0.2, 0.25) is 0 Å². The second-order valence-corrected chi connectivity index (χ2v) is 3.91. The van der Waals surface area contributed by atoms with Gasteiger partial charge in [-0.1, -0.05) is 0 Å². The summed E-state index contributed by atoms with van der Waals surface area (Å²) in [5.74, 6) is -0.0543. The zero-order chi connectivity index (χ0) is 12.4. The molecule has 5 heteroatoms. The third-order valence-corrected chi connectivity index (χ3v) is 2.68. The quantitative estimate of drug-likeness (QED) is 0.591. The Morgan fingerprint density at radius 2 is 2.06 bits per heavy atom.